The van der Waals surface area contributed by atoms with Crippen LogP contribution in [0.25, 0.3) is 0 Å². The lowest BCUT2D eigenvalue weighted by atomic mass is 10.0. The number of carbonyl (C=O) groups is 1. The van der Waals surface area contributed by atoms with E-state index in [4.69, 9.17) is 0 Å². The summed E-state index contributed by atoms with van der Waals surface area (Å²) in [6, 6.07) is 4.73. The van der Waals surface area contributed by atoms with E-state index in [0.29, 0.717) is 22.6 Å². The molecule has 0 saturated carbocycles. The van der Waals surface area contributed by atoms with Crippen molar-refractivity contribution in [3.8, 4) is 0 Å². The maximum absolute atomic E-state index is 11.9. The predicted molar refractivity (Wildman–Crippen MR) is 84.3 cm³/mol. The van der Waals surface area contributed by atoms with Crippen molar-refractivity contribution in [1.29, 1.82) is 0 Å². The molecule has 2 N–H and O–H groups in total. The summed E-state index contributed by atoms with van der Waals surface area (Å²) in [7, 11) is 0. The third-order valence-electron chi connectivity index (χ3n) is 3.57. The van der Waals surface area contributed by atoms with Crippen LogP contribution in [0.2, 0.25) is 0 Å². The molecule has 7 heteroatoms. The van der Waals surface area contributed by atoms with Crippen molar-refractivity contribution in [2.24, 2.45) is 0 Å². The Morgan fingerprint density at radius 2 is 2.29 bits per heavy atom. The van der Waals surface area contributed by atoms with Gasteiger partial charge >= 0.3 is 0 Å². The molecular weight excluding hydrogens is 338 g/mol. The van der Waals surface area contributed by atoms with E-state index in [1.807, 2.05) is 0 Å². The van der Waals surface area contributed by atoms with Crippen molar-refractivity contribution in [2.75, 3.05) is 11.9 Å². The van der Waals surface area contributed by atoms with Crippen LogP contribution in [0, 0.1) is 10.1 Å². The number of halogens is 1. The second kappa shape index (κ2) is 7.51. The molecule has 1 unspecified atom stereocenters. The van der Waals surface area contributed by atoms with Gasteiger partial charge in [-0.3, -0.25) is 14.9 Å². The minimum absolute atomic E-state index is 0.00807. The third kappa shape index (κ3) is 4.78. The molecule has 1 fully saturated rings. The van der Waals surface area contributed by atoms with Crippen molar-refractivity contribution in [3.63, 3.8) is 0 Å². The number of nitrogens with zero attached hydrogens (tertiary/aromatic N) is 1. The number of anilines is 1. The second-order valence-electron chi connectivity index (χ2n) is 5.15. The molecule has 1 aliphatic rings. The Morgan fingerprint density at radius 3 is 2.90 bits per heavy atom. The van der Waals surface area contributed by atoms with Crippen molar-refractivity contribution in [3.05, 3.63) is 32.8 Å². The minimum atomic E-state index is -0.467. The molecule has 1 saturated heterocycles. The van der Waals surface area contributed by atoms with Crippen LogP contribution >= 0.6 is 15.9 Å². The van der Waals surface area contributed by atoms with Gasteiger partial charge in [0.2, 0.25) is 5.91 Å². The zero-order chi connectivity index (χ0) is 15.2. The van der Waals surface area contributed by atoms with Crippen molar-refractivity contribution < 1.29 is 9.72 Å². The van der Waals surface area contributed by atoms with Crippen molar-refractivity contribution in [1.82, 2.24) is 5.32 Å². The quantitative estimate of drug-likeness (QED) is 0.627. The summed E-state index contributed by atoms with van der Waals surface area (Å²) in [5.74, 6) is -0.0723. The van der Waals surface area contributed by atoms with Crippen LogP contribution in [0.1, 0.15) is 32.1 Å². The van der Waals surface area contributed by atoms with Gasteiger partial charge in [0.05, 0.1) is 10.6 Å². The summed E-state index contributed by atoms with van der Waals surface area (Å²) in [5.41, 5.74) is 0.550. The van der Waals surface area contributed by atoms with Crippen molar-refractivity contribution >= 4 is 33.2 Å². The van der Waals surface area contributed by atoms with Crippen molar-refractivity contribution in [2.45, 2.75) is 38.1 Å². The Labute approximate surface area is 131 Å². The first kappa shape index (κ1) is 15.9. The highest BCUT2D eigenvalue weighted by atomic mass is 79.9. The fourth-order valence-electron chi connectivity index (χ4n) is 2.41. The van der Waals surface area contributed by atoms with E-state index in [2.05, 4.69) is 26.6 Å². The number of nitro groups is 1. The monoisotopic (exact) mass is 355 g/mol. The zero-order valence-corrected chi connectivity index (χ0v) is 13.2. The van der Waals surface area contributed by atoms with Gasteiger partial charge in [-0.2, -0.15) is 0 Å². The van der Waals surface area contributed by atoms with Gasteiger partial charge < -0.3 is 10.6 Å². The first-order valence-electron chi connectivity index (χ1n) is 7.03. The maximum atomic E-state index is 11.9. The molecule has 6 nitrogen and oxygen atoms in total. The molecule has 1 amide bonds. The van der Waals surface area contributed by atoms with E-state index >= 15 is 0 Å². The number of nitrogens with one attached hydrogen (secondary N) is 2. The fourth-order valence-corrected chi connectivity index (χ4v) is 2.87. The highest BCUT2D eigenvalue weighted by molar-refractivity contribution is 9.10. The van der Waals surface area contributed by atoms with Gasteiger partial charge in [-0.15, -0.1) is 0 Å². The van der Waals surface area contributed by atoms with Crippen LogP contribution in [0.3, 0.4) is 0 Å². The van der Waals surface area contributed by atoms with Crippen LogP contribution in [0.5, 0.6) is 0 Å². The lowest BCUT2D eigenvalue weighted by Crippen LogP contribution is -2.34. The summed E-state index contributed by atoms with van der Waals surface area (Å²) in [6.45, 7) is 1.03. The molecule has 0 aromatic heterocycles. The molecule has 1 aliphatic heterocycles. The van der Waals surface area contributed by atoms with Gasteiger partial charge in [0.15, 0.2) is 0 Å². The van der Waals surface area contributed by atoms with Crippen LogP contribution in [-0.4, -0.2) is 23.4 Å². The molecule has 0 spiro atoms. The number of carbonyl (C=O) groups excluding carboxylic acids is 1. The normalized spacial score (nSPS) is 18.2. The average Bonchev–Trinajstić information content (AvgIpc) is 2.48. The first-order valence-corrected chi connectivity index (χ1v) is 7.83. The number of piperidine rings is 1. The highest BCUT2D eigenvalue weighted by Crippen LogP contribution is 2.27. The number of amides is 1. The number of hydrogen-bond donors (Lipinski definition) is 2. The second-order valence-corrected chi connectivity index (χ2v) is 6.01. The minimum Gasteiger partial charge on any atom is -0.325 e. The Bertz CT molecular complexity index is 530. The largest absolute Gasteiger partial charge is 0.325 e. The predicted octanol–water partition coefficient (Wildman–Crippen LogP) is 3.22. The van der Waals surface area contributed by atoms with Crippen LogP contribution in [0.15, 0.2) is 22.7 Å². The zero-order valence-electron chi connectivity index (χ0n) is 11.6. The van der Waals surface area contributed by atoms with Crippen LogP contribution in [-0.2, 0) is 4.79 Å². The Morgan fingerprint density at radius 1 is 1.48 bits per heavy atom. The smallest absolute Gasteiger partial charge is 0.270 e. The summed E-state index contributed by atoms with van der Waals surface area (Å²) >= 11 is 3.24. The number of nitro benzene ring substituents is 1. The summed E-state index contributed by atoms with van der Waals surface area (Å²) < 4.78 is 0.515. The molecule has 114 valence electrons. The molecule has 1 heterocycles. The van der Waals surface area contributed by atoms with Crippen LogP contribution < -0.4 is 10.6 Å². The van der Waals surface area contributed by atoms with E-state index in [-0.39, 0.29) is 11.6 Å². The van der Waals surface area contributed by atoms with Gasteiger partial charge in [0.1, 0.15) is 0 Å². The maximum Gasteiger partial charge on any atom is 0.270 e. The van der Waals surface area contributed by atoms with Gasteiger partial charge in [-0.05, 0) is 47.8 Å². The number of rotatable bonds is 5. The molecule has 0 bridgehead atoms. The van der Waals surface area contributed by atoms with E-state index in [9.17, 15) is 14.9 Å². The molecule has 1 aromatic carbocycles. The average molecular weight is 356 g/mol. The molecular formula is C14H18BrN3O3. The third-order valence-corrected chi connectivity index (χ3v) is 4.23. The molecule has 0 aliphatic carbocycles. The lowest BCUT2D eigenvalue weighted by Gasteiger charge is -2.23. The van der Waals surface area contributed by atoms with E-state index < -0.39 is 4.92 Å². The molecule has 2 rings (SSSR count). The lowest BCUT2D eigenvalue weighted by molar-refractivity contribution is -0.384. The molecule has 21 heavy (non-hydrogen) atoms. The Hall–Kier alpha value is -1.47. The molecule has 1 aromatic rings. The first-order chi connectivity index (χ1) is 10.1. The number of hydrogen-bond acceptors (Lipinski definition) is 4. The Balaban J connectivity index is 1.85. The van der Waals surface area contributed by atoms with Gasteiger partial charge in [-0.1, -0.05) is 6.42 Å². The van der Waals surface area contributed by atoms with Gasteiger partial charge in [0.25, 0.3) is 5.69 Å². The van der Waals surface area contributed by atoms with E-state index in [0.717, 1.165) is 19.4 Å². The topological polar surface area (TPSA) is 84.3 Å². The standard InChI is InChI=1S/C14H18BrN3O3/c15-12-9-11(18(20)21)5-6-13(12)17-14(19)7-4-10-3-1-2-8-16-10/h5-6,9-10,16H,1-4,7-8H2,(H,17,19). The fraction of sp³-hybridized carbons (Fsp3) is 0.500. The Kier molecular flexibility index (Phi) is 5.69. The van der Waals surface area contributed by atoms with Crippen LogP contribution in [0.4, 0.5) is 11.4 Å². The number of non-ortho nitro benzene ring substituents is 1. The van der Waals surface area contributed by atoms with E-state index in [1.54, 1.807) is 6.07 Å². The summed E-state index contributed by atoms with van der Waals surface area (Å²) in [5, 5.41) is 16.8. The molecule has 1 atom stereocenters. The van der Waals surface area contributed by atoms with E-state index in [1.165, 1.54) is 25.0 Å². The highest BCUT2D eigenvalue weighted by Gasteiger charge is 2.15. The van der Waals surface area contributed by atoms with Gasteiger partial charge in [0, 0.05) is 29.1 Å². The summed E-state index contributed by atoms with van der Waals surface area (Å²) in [4.78, 5) is 22.1. The van der Waals surface area contributed by atoms with Gasteiger partial charge in [-0.25, -0.2) is 0 Å². The number of benzene rings is 1. The SMILES string of the molecule is O=C(CCC1CCCCN1)Nc1ccc([N+](=O)[O-])cc1Br. The summed E-state index contributed by atoms with van der Waals surface area (Å²) in [6.07, 6.45) is 4.80. The molecule has 0 radical (unpaired) electrons.